The molecule has 1 heterocycles. The zero-order valence-electron chi connectivity index (χ0n) is 14.0. The largest absolute Gasteiger partial charge is 0.396 e. The molecule has 3 N–H and O–H groups in total. The van der Waals surface area contributed by atoms with E-state index in [9.17, 15) is 4.79 Å². The molecule has 1 aliphatic heterocycles. The van der Waals surface area contributed by atoms with Gasteiger partial charge < -0.3 is 20.6 Å². The molecule has 0 radical (unpaired) electrons. The van der Waals surface area contributed by atoms with E-state index in [-0.39, 0.29) is 18.1 Å². The first kappa shape index (κ1) is 18.2. The van der Waals surface area contributed by atoms with E-state index in [1.54, 1.807) is 0 Å². The Morgan fingerprint density at radius 1 is 1.33 bits per heavy atom. The van der Waals surface area contributed by atoms with Crippen LogP contribution in [-0.2, 0) is 0 Å². The summed E-state index contributed by atoms with van der Waals surface area (Å²) in [5, 5.41) is 15.0. The number of rotatable bonds is 8. The molecule has 0 saturated carbocycles. The second kappa shape index (κ2) is 9.26. The Morgan fingerprint density at radius 2 is 2.00 bits per heavy atom. The van der Waals surface area contributed by atoms with Gasteiger partial charge >= 0.3 is 6.03 Å². The van der Waals surface area contributed by atoms with E-state index in [0.29, 0.717) is 19.0 Å². The SMILES string of the molecule is CCCCN1CCC(NC(=O)NCC(C)(C)CCO)CC1. The lowest BCUT2D eigenvalue weighted by molar-refractivity contribution is 0.184. The fourth-order valence-electron chi connectivity index (χ4n) is 2.63. The van der Waals surface area contributed by atoms with Gasteiger partial charge in [0.1, 0.15) is 0 Å². The van der Waals surface area contributed by atoms with Crippen LogP contribution >= 0.6 is 0 Å². The van der Waals surface area contributed by atoms with Crippen molar-refractivity contribution in [1.82, 2.24) is 15.5 Å². The van der Waals surface area contributed by atoms with Crippen molar-refractivity contribution < 1.29 is 9.90 Å². The molecule has 0 aromatic carbocycles. The predicted octanol–water partition coefficient (Wildman–Crippen LogP) is 1.96. The number of hydrogen-bond donors (Lipinski definition) is 3. The summed E-state index contributed by atoms with van der Waals surface area (Å²) in [5.74, 6) is 0. The smallest absolute Gasteiger partial charge is 0.315 e. The highest BCUT2D eigenvalue weighted by Gasteiger charge is 2.22. The molecule has 1 fully saturated rings. The molecule has 0 aliphatic carbocycles. The number of carbonyl (C=O) groups excluding carboxylic acids is 1. The number of unbranched alkanes of at least 4 members (excludes halogenated alkanes) is 1. The normalized spacial score (nSPS) is 17.7. The third-order valence-electron chi connectivity index (χ3n) is 4.27. The quantitative estimate of drug-likeness (QED) is 0.642. The molecule has 5 heteroatoms. The van der Waals surface area contributed by atoms with Gasteiger partial charge in [0.25, 0.3) is 0 Å². The molecular formula is C16H33N3O2. The van der Waals surface area contributed by atoms with Crippen LogP contribution < -0.4 is 10.6 Å². The standard InChI is InChI=1S/C16H33N3O2/c1-4-5-9-19-10-6-14(7-11-19)18-15(21)17-13-16(2,3)8-12-20/h14,20H,4-13H2,1-3H3,(H2,17,18,21). The highest BCUT2D eigenvalue weighted by molar-refractivity contribution is 5.74. The van der Waals surface area contributed by atoms with Gasteiger partial charge in [-0.3, -0.25) is 0 Å². The summed E-state index contributed by atoms with van der Waals surface area (Å²) in [5.41, 5.74) is -0.0599. The first-order valence-electron chi connectivity index (χ1n) is 8.34. The van der Waals surface area contributed by atoms with Crippen LogP contribution in [-0.4, -0.2) is 54.9 Å². The Morgan fingerprint density at radius 3 is 2.57 bits per heavy atom. The first-order valence-corrected chi connectivity index (χ1v) is 8.34. The molecule has 124 valence electrons. The van der Waals surface area contributed by atoms with Crippen molar-refractivity contribution in [1.29, 1.82) is 0 Å². The van der Waals surface area contributed by atoms with E-state index < -0.39 is 0 Å². The van der Waals surface area contributed by atoms with Crippen molar-refractivity contribution in [2.24, 2.45) is 5.41 Å². The molecular weight excluding hydrogens is 266 g/mol. The van der Waals surface area contributed by atoms with Gasteiger partial charge in [0, 0.05) is 32.3 Å². The maximum Gasteiger partial charge on any atom is 0.315 e. The third-order valence-corrected chi connectivity index (χ3v) is 4.27. The van der Waals surface area contributed by atoms with Crippen LogP contribution in [0.2, 0.25) is 0 Å². The fraction of sp³-hybridized carbons (Fsp3) is 0.938. The summed E-state index contributed by atoms with van der Waals surface area (Å²) in [6, 6.07) is 0.219. The van der Waals surface area contributed by atoms with Crippen LogP contribution in [0, 0.1) is 5.41 Å². The van der Waals surface area contributed by atoms with Gasteiger partial charge in [-0.1, -0.05) is 27.2 Å². The monoisotopic (exact) mass is 299 g/mol. The second-order valence-corrected chi connectivity index (χ2v) is 6.93. The highest BCUT2D eigenvalue weighted by atomic mass is 16.3. The van der Waals surface area contributed by atoms with Crippen LogP contribution in [0.25, 0.3) is 0 Å². The lowest BCUT2D eigenvalue weighted by Crippen LogP contribution is -2.49. The molecule has 21 heavy (non-hydrogen) atoms. The molecule has 0 unspecified atom stereocenters. The lowest BCUT2D eigenvalue weighted by Gasteiger charge is -2.32. The number of urea groups is 1. The maximum atomic E-state index is 11.9. The Kier molecular flexibility index (Phi) is 8.04. The van der Waals surface area contributed by atoms with Crippen LogP contribution in [0.5, 0.6) is 0 Å². The van der Waals surface area contributed by atoms with E-state index in [1.165, 1.54) is 19.4 Å². The van der Waals surface area contributed by atoms with E-state index >= 15 is 0 Å². The van der Waals surface area contributed by atoms with Crippen LogP contribution in [0.15, 0.2) is 0 Å². The van der Waals surface area contributed by atoms with Crippen molar-refractivity contribution in [3.8, 4) is 0 Å². The number of hydrogen-bond acceptors (Lipinski definition) is 3. The summed E-state index contributed by atoms with van der Waals surface area (Å²) in [6.07, 6.45) is 5.28. The number of aliphatic hydroxyl groups is 1. The zero-order valence-corrected chi connectivity index (χ0v) is 14.0. The zero-order chi connectivity index (χ0) is 15.7. The number of amides is 2. The van der Waals surface area contributed by atoms with E-state index in [4.69, 9.17) is 5.11 Å². The van der Waals surface area contributed by atoms with E-state index in [0.717, 1.165) is 25.9 Å². The molecule has 0 bridgehead atoms. The van der Waals surface area contributed by atoms with Gasteiger partial charge in [-0.25, -0.2) is 4.79 Å². The Labute approximate surface area is 129 Å². The van der Waals surface area contributed by atoms with Crippen molar-refractivity contribution in [2.75, 3.05) is 32.8 Å². The van der Waals surface area contributed by atoms with Gasteiger partial charge in [0.2, 0.25) is 0 Å². The molecule has 0 atom stereocenters. The summed E-state index contributed by atoms with van der Waals surface area (Å²) < 4.78 is 0. The maximum absolute atomic E-state index is 11.9. The number of carbonyl (C=O) groups is 1. The molecule has 1 rings (SSSR count). The molecule has 0 aromatic rings. The van der Waals surface area contributed by atoms with Gasteiger partial charge in [-0.15, -0.1) is 0 Å². The van der Waals surface area contributed by atoms with Crippen molar-refractivity contribution in [3.05, 3.63) is 0 Å². The first-order chi connectivity index (χ1) is 9.96. The molecule has 5 nitrogen and oxygen atoms in total. The number of aliphatic hydroxyl groups excluding tert-OH is 1. The van der Waals surface area contributed by atoms with Gasteiger partial charge in [-0.2, -0.15) is 0 Å². The Bertz CT molecular complexity index is 300. The minimum atomic E-state index is -0.0759. The van der Waals surface area contributed by atoms with Crippen LogP contribution in [0.1, 0.15) is 52.9 Å². The minimum Gasteiger partial charge on any atom is -0.396 e. The van der Waals surface area contributed by atoms with Crippen molar-refractivity contribution >= 4 is 6.03 Å². The van der Waals surface area contributed by atoms with Gasteiger partial charge in [0.05, 0.1) is 0 Å². The minimum absolute atomic E-state index is 0.0599. The number of piperidine rings is 1. The summed E-state index contributed by atoms with van der Waals surface area (Å²) in [4.78, 5) is 14.4. The number of nitrogens with zero attached hydrogens (tertiary/aromatic N) is 1. The average Bonchev–Trinajstić information content (AvgIpc) is 2.44. The fourth-order valence-corrected chi connectivity index (χ4v) is 2.63. The third kappa shape index (κ3) is 7.67. The molecule has 2 amide bonds. The summed E-state index contributed by atoms with van der Waals surface area (Å²) >= 11 is 0. The van der Waals surface area contributed by atoms with Crippen molar-refractivity contribution in [2.45, 2.75) is 58.9 Å². The lowest BCUT2D eigenvalue weighted by atomic mass is 9.90. The number of nitrogens with one attached hydrogen (secondary N) is 2. The summed E-state index contributed by atoms with van der Waals surface area (Å²) in [7, 11) is 0. The van der Waals surface area contributed by atoms with E-state index in [1.807, 2.05) is 0 Å². The predicted molar refractivity (Wildman–Crippen MR) is 86.4 cm³/mol. The van der Waals surface area contributed by atoms with Gasteiger partial charge in [0.15, 0.2) is 0 Å². The average molecular weight is 299 g/mol. The highest BCUT2D eigenvalue weighted by Crippen LogP contribution is 2.18. The number of likely N-dealkylation sites (tertiary alicyclic amines) is 1. The van der Waals surface area contributed by atoms with E-state index in [2.05, 4.69) is 36.3 Å². The Hall–Kier alpha value is -0.810. The Balaban J connectivity index is 2.18. The van der Waals surface area contributed by atoms with Crippen LogP contribution in [0.4, 0.5) is 4.79 Å². The van der Waals surface area contributed by atoms with Gasteiger partial charge in [-0.05, 0) is 37.6 Å². The topological polar surface area (TPSA) is 64.6 Å². The van der Waals surface area contributed by atoms with Crippen LogP contribution in [0.3, 0.4) is 0 Å². The second-order valence-electron chi connectivity index (χ2n) is 6.93. The molecule has 0 aromatic heterocycles. The molecule has 1 saturated heterocycles. The molecule has 1 aliphatic rings. The van der Waals surface area contributed by atoms with Crippen molar-refractivity contribution in [3.63, 3.8) is 0 Å². The summed E-state index contributed by atoms with van der Waals surface area (Å²) in [6.45, 7) is 10.4. The molecule has 0 spiro atoms.